The number of carbonyl (C=O) groups excluding carboxylic acids is 2. The summed E-state index contributed by atoms with van der Waals surface area (Å²) in [6.07, 6.45) is 0. The maximum atomic E-state index is 12.3. The van der Waals surface area contributed by atoms with Gasteiger partial charge < -0.3 is 15.4 Å². The number of benzene rings is 1. The topological polar surface area (TPSA) is 67.4 Å². The second-order valence-electron chi connectivity index (χ2n) is 4.49. The van der Waals surface area contributed by atoms with Crippen LogP contribution in [0.15, 0.2) is 30.3 Å². The number of halogens is 2. The lowest BCUT2D eigenvalue weighted by Crippen LogP contribution is -2.28. The predicted molar refractivity (Wildman–Crippen MR) is 92.9 cm³/mol. The van der Waals surface area contributed by atoms with Crippen LogP contribution >= 0.6 is 34.5 Å². The van der Waals surface area contributed by atoms with E-state index in [1.165, 1.54) is 6.07 Å². The molecule has 0 unspecified atom stereocenters. The molecule has 0 radical (unpaired) electrons. The molecule has 0 saturated carbocycles. The Bertz CT molecular complexity index is 718. The minimum atomic E-state index is -0.421. The van der Waals surface area contributed by atoms with Crippen LogP contribution in [0.5, 0.6) is 0 Å². The van der Waals surface area contributed by atoms with Crippen LogP contribution < -0.4 is 10.6 Å². The zero-order valence-electron chi connectivity index (χ0n) is 12.2. The van der Waals surface area contributed by atoms with E-state index in [4.69, 9.17) is 27.9 Å². The van der Waals surface area contributed by atoms with Crippen molar-refractivity contribution in [2.45, 2.75) is 0 Å². The SMILES string of the molecule is COCCNC(=O)c1ccccc1NC(=O)c1cc(Cl)sc1Cl. The van der Waals surface area contributed by atoms with Crippen LogP contribution in [0.2, 0.25) is 8.67 Å². The highest BCUT2D eigenvalue weighted by Crippen LogP contribution is 2.31. The smallest absolute Gasteiger partial charge is 0.258 e. The maximum Gasteiger partial charge on any atom is 0.258 e. The molecule has 0 aliphatic heterocycles. The highest BCUT2D eigenvalue weighted by atomic mass is 35.5. The van der Waals surface area contributed by atoms with Crippen molar-refractivity contribution in [3.8, 4) is 0 Å². The average Bonchev–Trinajstić information content (AvgIpc) is 2.86. The fourth-order valence-electron chi connectivity index (χ4n) is 1.84. The first-order valence-electron chi connectivity index (χ1n) is 6.65. The van der Waals surface area contributed by atoms with Gasteiger partial charge in [0.25, 0.3) is 11.8 Å². The van der Waals surface area contributed by atoms with E-state index >= 15 is 0 Å². The van der Waals surface area contributed by atoms with E-state index in [1.54, 1.807) is 31.4 Å². The Balaban J connectivity index is 2.15. The number of nitrogens with one attached hydrogen (secondary N) is 2. The Morgan fingerprint density at radius 2 is 1.91 bits per heavy atom. The highest BCUT2D eigenvalue weighted by Gasteiger charge is 2.17. The maximum absolute atomic E-state index is 12.3. The molecule has 0 bridgehead atoms. The second kappa shape index (κ2) is 8.31. The van der Waals surface area contributed by atoms with Crippen molar-refractivity contribution in [2.24, 2.45) is 0 Å². The minimum Gasteiger partial charge on any atom is -0.383 e. The van der Waals surface area contributed by atoms with Gasteiger partial charge in [-0.05, 0) is 18.2 Å². The van der Waals surface area contributed by atoms with Crippen LogP contribution in [-0.2, 0) is 4.74 Å². The summed E-state index contributed by atoms with van der Waals surface area (Å²) >= 11 is 12.9. The Morgan fingerprint density at radius 3 is 2.57 bits per heavy atom. The van der Waals surface area contributed by atoms with Gasteiger partial charge in [0.05, 0.1) is 27.8 Å². The van der Waals surface area contributed by atoms with Crippen molar-refractivity contribution in [1.82, 2.24) is 5.32 Å². The number of anilines is 1. The van der Waals surface area contributed by atoms with Crippen molar-refractivity contribution in [3.05, 3.63) is 50.1 Å². The molecular formula is C15H14Cl2N2O3S. The molecule has 0 saturated heterocycles. The summed E-state index contributed by atoms with van der Waals surface area (Å²) < 4.78 is 5.61. The molecule has 5 nitrogen and oxygen atoms in total. The van der Waals surface area contributed by atoms with Crippen molar-refractivity contribution in [3.63, 3.8) is 0 Å². The van der Waals surface area contributed by atoms with E-state index in [2.05, 4.69) is 10.6 Å². The van der Waals surface area contributed by atoms with Gasteiger partial charge in [0.2, 0.25) is 0 Å². The molecule has 2 aromatic rings. The number of hydrogen-bond donors (Lipinski definition) is 2. The van der Waals surface area contributed by atoms with Crippen LogP contribution in [0.1, 0.15) is 20.7 Å². The van der Waals surface area contributed by atoms with Crippen LogP contribution in [-0.4, -0.2) is 32.1 Å². The van der Waals surface area contributed by atoms with Crippen molar-refractivity contribution >= 4 is 52.0 Å². The van der Waals surface area contributed by atoms with Crippen molar-refractivity contribution in [1.29, 1.82) is 0 Å². The van der Waals surface area contributed by atoms with E-state index in [1.807, 2.05) is 0 Å². The largest absolute Gasteiger partial charge is 0.383 e. The molecule has 0 spiro atoms. The summed E-state index contributed by atoms with van der Waals surface area (Å²) in [7, 11) is 1.55. The van der Waals surface area contributed by atoms with Crippen molar-refractivity contribution in [2.75, 3.05) is 25.6 Å². The van der Waals surface area contributed by atoms with Gasteiger partial charge in [-0.15, -0.1) is 11.3 Å². The van der Waals surface area contributed by atoms with E-state index in [0.717, 1.165) is 11.3 Å². The fraction of sp³-hybridized carbons (Fsp3) is 0.200. The highest BCUT2D eigenvalue weighted by molar-refractivity contribution is 7.20. The van der Waals surface area contributed by atoms with E-state index < -0.39 is 5.91 Å². The van der Waals surface area contributed by atoms with Crippen molar-refractivity contribution < 1.29 is 14.3 Å². The van der Waals surface area contributed by atoms with Crippen LogP contribution in [0.4, 0.5) is 5.69 Å². The van der Waals surface area contributed by atoms with Gasteiger partial charge in [-0.2, -0.15) is 0 Å². The van der Waals surface area contributed by atoms with Gasteiger partial charge in [0, 0.05) is 13.7 Å². The number of methoxy groups -OCH3 is 1. The molecule has 1 heterocycles. The Kier molecular flexibility index (Phi) is 6.41. The van der Waals surface area contributed by atoms with Crippen LogP contribution in [0.25, 0.3) is 0 Å². The molecule has 0 atom stereocenters. The quantitative estimate of drug-likeness (QED) is 0.759. The van der Waals surface area contributed by atoms with Gasteiger partial charge in [0.15, 0.2) is 0 Å². The number of carbonyl (C=O) groups is 2. The number of hydrogen-bond acceptors (Lipinski definition) is 4. The molecule has 2 N–H and O–H groups in total. The summed E-state index contributed by atoms with van der Waals surface area (Å²) in [4.78, 5) is 24.5. The fourth-order valence-corrected chi connectivity index (χ4v) is 3.30. The molecule has 0 fully saturated rings. The molecule has 122 valence electrons. The molecule has 0 aliphatic carbocycles. The van der Waals surface area contributed by atoms with Gasteiger partial charge >= 0.3 is 0 Å². The zero-order valence-corrected chi connectivity index (χ0v) is 14.5. The molecular weight excluding hydrogens is 359 g/mol. The first-order chi connectivity index (χ1) is 11.0. The lowest BCUT2D eigenvalue weighted by atomic mass is 10.1. The van der Waals surface area contributed by atoms with E-state index in [9.17, 15) is 9.59 Å². The number of thiophene rings is 1. The summed E-state index contributed by atoms with van der Waals surface area (Å²) in [5.74, 6) is -0.720. The lowest BCUT2D eigenvalue weighted by Gasteiger charge is -2.11. The van der Waals surface area contributed by atoms with E-state index in [0.29, 0.717) is 33.1 Å². The normalized spacial score (nSPS) is 10.4. The lowest BCUT2D eigenvalue weighted by molar-refractivity contribution is 0.0938. The van der Waals surface area contributed by atoms with Gasteiger partial charge in [0.1, 0.15) is 4.34 Å². The molecule has 1 aromatic carbocycles. The van der Waals surface area contributed by atoms with E-state index in [-0.39, 0.29) is 11.5 Å². The molecule has 0 aliphatic rings. The summed E-state index contributed by atoms with van der Waals surface area (Å²) in [6.45, 7) is 0.785. The molecule has 2 amide bonds. The Morgan fingerprint density at radius 1 is 1.17 bits per heavy atom. The van der Waals surface area contributed by atoms with Gasteiger partial charge in [-0.3, -0.25) is 9.59 Å². The molecule has 1 aromatic heterocycles. The third-order valence-electron chi connectivity index (χ3n) is 2.91. The number of amides is 2. The predicted octanol–water partition coefficient (Wildman–Crippen LogP) is 3.68. The summed E-state index contributed by atoms with van der Waals surface area (Å²) in [5.41, 5.74) is 1.02. The molecule has 8 heteroatoms. The Hall–Kier alpha value is -1.60. The first kappa shape index (κ1) is 17.7. The zero-order chi connectivity index (χ0) is 16.8. The summed E-state index contributed by atoms with van der Waals surface area (Å²) in [6, 6.07) is 8.20. The number of ether oxygens (including phenoxy) is 1. The summed E-state index contributed by atoms with van der Waals surface area (Å²) in [5, 5.41) is 5.39. The number of rotatable bonds is 6. The Labute approximate surface area is 147 Å². The van der Waals surface area contributed by atoms with Gasteiger partial charge in [-0.1, -0.05) is 35.3 Å². The number of para-hydroxylation sites is 1. The van der Waals surface area contributed by atoms with Gasteiger partial charge in [-0.25, -0.2) is 0 Å². The standard InChI is InChI=1S/C15H14Cl2N2O3S/c1-22-7-6-18-14(20)9-4-2-3-5-11(9)19-15(21)10-8-12(16)23-13(10)17/h2-5,8H,6-7H2,1H3,(H,18,20)(H,19,21). The monoisotopic (exact) mass is 372 g/mol. The molecule has 2 rings (SSSR count). The molecule has 23 heavy (non-hydrogen) atoms. The second-order valence-corrected chi connectivity index (χ2v) is 6.77. The average molecular weight is 373 g/mol. The first-order valence-corrected chi connectivity index (χ1v) is 8.22. The van der Waals surface area contributed by atoms with Crippen LogP contribution in [0, 0.1) is 0 Å². The third kappa shape index (κ3) is 4.68. The minimum absolute atomic E-state index is 0.274. The van der Waals surface area contributed by atoms with Crippen LogP contribution in [0.3, 0.4) is 0 Å². The third-order valence-corrected chi connectivity index (χ3v) is 4.40.